The van der Waals surface area contributed by atoms with Crippen molar-refractivity contribution < 1.29 is 9.59 Å². The highest BCUT2D eigenvalue weighted by atomic mass is 16.1. The topological polar surface area (TPSA) is 83.2 Å². The summed E-state index contributed by atoms with van der Waals surface area (Å²) in [5.74, 6) is -0.0768. The van der Waals surface area contributed by atoms with E-state index >= 15 is 0 Å². The molecule has 0 aromatic heterocycles. The molecule has 1 unspecified atom stereocenters. The van der Waals surface area contributed by atoms with Gasteiger partial charge in [0.15, 0.2) is 5.78 Å². The van der Waals surface area contributed by atoms with E-state index in [1.165, 1.54) is 14.0 Å². The third-order valence-corrected chi connectivity index (χ3v) is 4.40. The van der Waals surface area contributed by atoms with Crippen LogP contribution in [0.1, 0.15) is 69.8 Å². The molecule has 0 aliphatic carbocycles. The van der Waals surface area contributed by atoms with E-state index in [0.717, 1.165) is 19.3 Å². The molecule has 1 amide bonds. The highest BCUT2D eigenvalue weighted by Gasteiger charge is 2.31. The third-order valence-electron chi connectivity index (χ3n) is 4.40. The molecule has 1 N–H and O–H groups in total. The average molecular weight is 344 g/mol. The van der Waals surface area contributed by atoms with Crippen molar-refractivity contribution in [1.29, 1.82) is 0 Å². The van der Waals surface area contributed by atoms with Gasteiger partial charge < -0.3 is 5.32 Å². The Hall–Kier alpha value is -2.37. The maximum absolute atomic E-state index is 13.0. The van der Waals surface area contributed by atoms with Gasteiger partial charge in [0.1, 0.15) is 0 Å². The zero-order valence-electron chi connectivity index (χ0n) is 16.0. The van der Waals surface area contributed by atoms with Gasteiger partial charge in [-0.1, -0.05) is 27.2 Å². The van der Waals surface area contributed by atoms with Gasteiger partial charge in [-0.05, 0) is 43.2 Å². The zero-order valence-corrected chi connectivity index (χ0v) is 16.0. The molecule has 6 heteroatoms. The molecule has 0 aliphatic rings. The molecule has 0 fully saturated rings. The second-order valence-electron chi connectivity index (χ2n) is 6.41. The summed E-state index contributed by atoms with van der Waals surface area (Å²) >= 11 is 0. The molecule has 0 heterocycles. The molecular weight excluding hydrogens is 316 g/mol. The maximum atomic E-state index is 13.0. The summed E-state index contributed by atoms with van der Waals surface area (Å²) < 4.78 is 0. The van der Waals surface area contributed by atoms with Gasteiger partial charge in [-0.15, -0.1) is 5.10 Å². The lowest BCUT2D eigenvalue weighted by molar-refractivity contribution is -0.114. The van der Waals surface area contributed by atoms with Crippen LogP contribution in [0.25, 0.3) is 0 Å². The van der Waals surface area contributed by atoms with Crippen LogP contribution in [-0.4, -0.2) is 24.4 Å². The van der Waals surface area contributed by atoms with Crippen LogP contribution in [0.4, 0.5) is 5.69 Å². The molecule has 0 aliphatic heterocycles. The first-order valence-electron chi connectivity index (χ1n) is 8.59. The Morgan fingerprint density at radius 3 is 2.40 bits per heavy atom. The molecule has 1 aromatic carbocycles. The van der Waals surface area contributed by atoms with Crippen molar-refractivity contribution in [2.75, 3.05) is 12.4 Å². The van der Waals surface area contributed by atoms with E-state index in [-0.39, 0.29) is 11.7 Å². The number of hydrogen-bond acceptors (Lipinski definition) is 4. The number of amides is 1. The van der Waals surface area contributed by atoms with Crippen LogP contribution in [0.5, 0.6) is 0 Å². The average Bonchev–Trinajstić information content (AvgIpc) is 2.58. The first kappa shape index (κ1) is 20.7. The number of Topliss-reactive ketones (excluding diaryl/α,β-unsaturated/α-hetero) is 1. The van der Waals surface area contributed by atoms with Crippen LogP contribution in [0, 0.1) is 5.41 Å². The molecule has 0 saturated carbocycles. The molecule has 0 saturated heterocycles. The van der Waals surface area contributed by atoms with E-state index in [1.807, 2.05) is 13.8 Å². The van der Waals surface area contributed by atoms with Crippen LogP contribution in [0.2, 0.25) is 0 Å². The highest BCUT2D eigenvalue weighted by Crippen LogP contribution is 2.33. The minimum Gasteiger partial charge on any atom is -0.326 e. The lowest BCUT2D eigenvalue weighted by Crippen LogP contribution is -2.27. The number of carbonyl (C=O) groups excluding carboxylic acids is 2. The van der Waals surface area contributed by atoms with E-state index in [1.54, 1.807) is 25.1 Å². The monoisotopic (exact) mass is 344 g/mol. The summed E-state index contributed by atoms with van der Waals surface area (Å²) in [6.07, 6.45) is 2.56. The number of benzene rings is 1. The largest absolute Gasteiger partial charge is 0.326 e. The summed E-state index contributed by atoms with van der Waals surface area (Å²) in [4.78, 5) is 24.5. The van der Waals surface area contributed by atoms with Crippen LogP contribution in [0.15, 0.2) is 33.6 Å². The molecule has 6 nitrogen and oxygen atoms in total. The summed E-state index contributed by atoms with van der Waals surface area (Å²) in [6.45, 7) is 9.34. The van der Waals surface area contributed by atoms with E-state index in [2.05, 4.69) is 27.7 Å². The molecular formula is C19H28N4O2. The number of hydrogen-bond donors (Lipinski definition) is 1. The van der Waals surface area contributed by atoms with Crippen LogP contribution >= 0.6 is 0 Å². The zero-order chi connectivity index (χ0) is 19.0. The van der Waals surface area contributed by atoms with Gasteiger partial charge in [0.05, 0.1) is 12.8 Å². The fourth-order valence-corrected chi connectivity index (χ4v) is 2.80. The normalized spacial score (nSPS) is 14.4. The predicted molar refractivity (Wildman–Crippen MR) is 101 cm³/mol. The van der Waals surface area contributed by atoms with Gasteiger partial charge in [-0.2, -0.15) is 5.11 Å². The summed E-state index contributed by atoms with van der Waals surface area (Å²) in [6, 6.07) is 5.28. The summed E-state index contributed by atoms with van der Waals surface area (Å²) in [7, 11) is 1.53. The first-order valence-corrected chi connectivity index (χ1v) is 8.59. The standard InChI is InChI=1S/C19H28N4O2/c1-7-11-19(5,8-2)18(25)15-9-10-17(21-14(4)24)16(12-15)13(3)22-23-20-6/h9-10,12H,7-8,11H2,1-6H3,(H,21,24)/b22-13+,23-20?. The first-order chi connectivity index (χ1) is 11.8. The summed E-state index contributed by atoms with van der Waals surface area (Å²) in [5, 5.41) is 14.0. The molecule has 0 spiro atoms. The molecule has 0 radical (unpaired) electrons. The quantitative estimate of drug-likeness (QED) is 0.316. The maximum Gasteiger partial charge on any atom is 0.221 e. The second kappa shape index (κ2) is 9.20. The van der Waals surface area contributed by atoms with Crippen LogP contribution in [-0.2, 0) is 4.79 Å². The lowest BCUT2D eigenvalue weighted by atomic mass is 9.76. The minimum atomic E-state index is -0.393. The molecule has 1 rings (SSSR count). The Morgan fingerprint density at radius 1 is 1.20 bits per heavy atom. The molecule has 25 heavy (non-hydrogen) atoms. The number of carbonyl (C=O) groups is 2. The van der Waals surface area contributed by atoms with Gasteiger partial charge in [-0.3, -0.25) is 9.59 Å². The van der Waals surface area contributed by atoms with Crippen LogP contribution < -0.4 is 5.32 Å². The number of ketones is 1. The van der Waals surface area contributed by atoms with Gasteiger partial charge in [0.25, 0.3) is 0 Å². The van der Waals surface area contributed by atoms with E-state index < -0.39 is 5.41 Å². The Morgan fingerprint density at radius 2 is 1.88 bits per heavy atom. The summed E-state index contributed by atoms with van der Waals surface area (Å²) in [5.41, 5.74) is 2.08. The Kier molecular flexibility index (Phi) is 7.61. The van der Waals surface area contributed by atoms with Gasteiger partial charge in [0.2, 0.25) is 5.91 Å². The van der Waals surface area contributed by atoms with Crippen LogP contribution in [0.3, 0.4) is 0 Å². The fourth-order valence-electron chi connectivity index (χ4n) is 2.80. The number of anilines is 1. The second-order valence-corrected chi connectivity index (χ2v) is 6.41. The Balaban J connectivity index is 3.41. The van der Waals surface area contributed by atoms with Gasteiger partial charge in [0, 0.05) is 29.2 Å². The van der Waals surface area contributed by atoms with E-state index in [4.69, 9.17) is 0 Å². The molecule has 0 bridgehead atoms. The Bertz CT molecular complexity index is 695. The fraction of sp³-hybridized carbons (Fsp3) is 0.526. The highest BCUT2D eigenvalue weighted by molar-refractivity contribution is 6.09. The Labute approximate surface area is 149 Å². The van der Waals surface area contributed by atoms with Crippen molar-refractivity contribution in [3.8, 4) is 0 Å². The molecule has 1 aromatic rings. The molecule has 1 atom stereocenters. The van der Waals surface area contributed by atoms with Crippen molar-refractivity contribution in [3.63, 3.8) is 0 Å². The third kappa shape index (κ3) is 5.31. The van der Waals surface area contributed by atoms with Crippen molar-refractivity contribution in [2.24, 2.45) is 20.9 Å². The number of rotatable bonds is 8. The van der Waals surface area contributed by atoms with Gasteiger partial charge in [-0.25, -0.2) is 0 Å². The molecule has 136 valence electrons. The number of nitrogens with zero attached hydrogens (tertiary/aromatic N) is 3. The van der Waals surface area contributed by atoms with Crippen molar-refractivity contribution in [3.05, 3.63) is 29.3 Å². The predicted octanol–water partition coefficient (Wildman–Crippen LogP) is 4.85. The SMILES string of the molecule is CCCC(C)(CC)C(=O)c1ccc(NC(C)=O)c(/C(C)=N/N=NC)c1. The van der Waals surface area contributed by atoms with Crippen molar-refractivity contribution in [2.45, 2.75) is 53.9 Å². The number of nitrogens with one attached hydrogen (secondary N) is 1. The smallest absolute Gasteiger partial charge is 0.221 e. The van der Waals surface area contributed by atoms with Gasteiger partial charge >= 0.3 is 0 Å². The minimum absolute atomic E-state index is 0.109. The van der Waals surface area contributed by atoms with E-state index in [0.29, 0.717) is 22.5 Å². The van der Waals surface area contributed by atoms with Crippen molar-refractivity contribution >= 4 is 23.1 Å². The lowest BCUT2D eigenvalue weighted by Gasteiger charge is -2.26. The van der Waals surface area contributed by atoms with Crippen molar-refractivity contribution in [1.82, 2.24) is 0 Å². The van der Waals surface area contributed by atoms with E-state index in [9.17, 15) is 9.59 Å².